The Hall–Kier alpha value is -3.20. The second-order valence-corrected chi connectivity index (χ2v) is 9.09. The number of primary amides is 1. The Morgan fingerprint density at radius 3 is 2.17 bits per heavy atom. The summed E-state index contributed by atoms with van der Waals surface area (Å²) in [5.41, 5.74) is 5.80. The van der Waals surface area contributed by atoms with Crippen molar-refractivity contribution < 1.29 is 22.8 Å². The van der Waals surface area contributed by atoms with Gasteiger partial charge in [0.05, 0.1) is 21.4 Å². The van der Waals surface area contributed by atoms with Gasteiger partial charge in [0.2, 0.25) is 5.91 Å². The molecule has 0 aromatic heterocycles. The fourth-order valence-electron chi connectivity index (χ4n) is 2.45. The van der Waals surface area contributed by atoms with E-state index in [4.69, 9.17) is 5.73 Å². The lowest BCUT2D eigenvalue weighted by Crippen LogP contribution is -2.28. The molecule has 2 rings (SSSR count). The Bertz CT molecular complexity index is 1010. The van der Waals surface area contributed by atoms with E-state index in [2.05, 4.69) is 10.6 Å². The summed E-state index contributed by atoms with van der Waals surface area (Å²) >= 11 is 0. The van der Waals surface area contributed by atoms with Crippen LogP contribution < -0.4 is 16.4 Å². The number of carbonyl (C=O) groups excluding carboxylic acids is 3. The molecule has 0 aliphatic heterocycles. The summed E-state index contributed by atoms with van der Waals surface area (Å²) < 4.78 is 24.4. The third kappa shape index (κ3) is 5.64. The summed E-state index contributed by atoms with van der Waals surface area (Å²) in [5.74, 6) is -1.48. The van der Waals surface area contributed by atoms with E-state index < -0.39 is 32.8 Å². The van der Waals surface area contributed by atoms with Crippen molar-refractivity contribution in [2.45, 2.75) is 30.4 Å². The quantitative estimate of drug-likeness (QED) is 0.601. The van der Waals surface area contributed by atoms with Gasteiger partial charge in [0, 0.05) is 18.5 Å². The molecule has 154 valence electrons. The van der Waals surface area contributed by atoms with E-state index in [0.717, 1.165) is 0 Å². The van der Waals surface area contributed by atoms with Gasteiger partial charge in [-0.25, -0.2) is 8.42 Å². The molecule has 0 saturated heterocycles. The van der Waals surface area contributed by atoms with Gasteiger partial charge in [0.25, 0.3) is 11.8 Å². The van der Waals surface area contributed by atoms with E-state index in [1.165, 1.54) is 30.3 Å². The smallest absolute Gasteiger partial charge is 0.255 e. The lowest BCUT2D eigenvalue weighted by Gasteiger charge is -2.12. The SMILES string of the molecule is CC(C)S(=O)(=O)c1ccc(C(=O)Nc2ccccc2C(=O)NCCC(N)=O)cc1. The normalized spacial score (nSPS) is 11.1. The van der Waals surface area contributed by atoms with Crippen LogP contribution in [0.1, 0.15) is 41.0 Å². The summed E-state index contributed by atoms with van der Waals surface area (Å²) in [6.07, 6.45) is 0.00585. The van der Waals surface area contributed by atoms with Gasteiger partial charge in [-0.1, -0.05) is 12.1 Å². The van der Waals surface area contributed by atoms with Gasteiger partial charge in [-0.05, 0) is 50.2 Å². The third-order valence-corrected chi connectivity index (χ3v) is 6.31. The Morgan fingerprint density at radius 2 is 1.59 bits per heavy atom. The Kier molecular flexibility index (Phi) is 7.11. The number of amides is 3. The predicted molar refractivity (Wildman–Crippen MR) is 109 cm³/mol. The molecule has 0 bridgehead atoms. The number of nitrogens with two attached hydrogens (primary N) is 1. The first-order valence-electron chi connectivity index (χ1n) is 8.93. The monoisotopic (exact) mass is 417 g/mol. The third-order valence-electron chi connectivity index (χ3n) is 4.14. The maximum atomic E-state index is 12.5. The van der Waals surface area contributed by atoms with E-state index in [9.17, 15) is 22.8 Å². The second kappa shape index (κ2) is 9.33. The number of hydrogen-bond acceptors (Lipinski definition) is 5. The van der Waals surface area contributed by atoms with Gasteiger partial charge in [0.15, 0.2) is 9.84 Å². The van der Waals surface area contributed by atoms with Crippen LogP contribution in [0.25, 0.3) is 0 Å². The molecule has 4 N–H and O–H groups in total. The molecule has 0 atom stereocenters. The highest BCUT2D eigenvalue weighted by Crippen LogP contribution is 2.19. The van der Waals surface area contributed by atoms with Crippen molar-refractivity contribution >= 4 is 33.2 Å². The molecule has 8 nitrogen and oxygen atoms in total. The number of anilines is 1. The van der Waals surface area contributed by atoms with Crippen molar-refractivity contribution in [3.8, 4) is 0 Å². The molecule has 2 aromatic rings. The summed E-state index contributed by atoms with van der Waals surface area (Å²) in [4.78, 5) is 35.8. The molecule has 0 fully saturated rings. The Labute approximate surface area is 169 Å². The highest BCUT2D eigenvalue weighted by molar-refractivity contribution is 7.92. The van der Waals surface area contributed by atoms with E-state index in [-0.39, 0.29) is 34.7 Å². The summed E-state index contributed by atoms with van der Waals surface area (Å²) in [6, 6.07) is 12.0. The number of carbonyl (C=O) groups is 3. The summed E-state index contributed by atoms with van der Waals surface area (Å²) in [5, 5.41) is 4.64. The number of benzene rings is 2. The highest BCUT2D eigenvalue weighted by Gasteiger charge is 2.20. The van der Waals surface area contributed by atoms with Gasteiger partial charge >= 0.3 is 0 Å². The topological polar surface area (TPSA) is 135 Å². The van der Waals surface area contributed by atoms with Gasteiger partial charge < -0.3 is 16.4 Å². The van der Waals surface area contributed by atoms with Crippen molar-refractivity contribution in [2.75, 3.05) is 11.9 Å². The van der Waals surface area contributed by atoms with Crippen LogP contribution in [0.15, 0.2) is 53.4 Å². The minimum atomic E-state index is -3.43. The Balaban J connectivity index is 2.15. The second-order valence-electron chi connectivity index (χ2n) is 6.59. The fourth-order valence-corrected chi connectivity index (χ4v) is 3.51. The molecule has 0 unspecified atom stereocenters. The highest BCUT2D eigenvalue weighted by atomic mass is 32.2. The minimum absolute atomic E-state index is 0.00585. The van der Waals surface area contributed by atoms with Crippen LogP contribution in [0.5, 0.6) is 0 Å². The molecule has 0 radical (unpaired) electrons. The van der Waals surface area contributed by atoms with Crippen LogP contribution in [-0.4, -0.2) is 37.9 Å². The lowest BCUT2D eigenvalue weighted by atomic mass is 10.1. The van der Waals surface area contributed by atoms with E-state index in [1.54, 1.807) is 32.0 Å². The van der Waals surface area contributed by atoms with Gasteiger partial charge in [0.1, 0.15) is 0 Å². The number of hydrogen-bond donors (Lipinski definition) is 3. The van der Waals surface area contributed by atoms with Crippen molar-refractivity contribution in [3.05, 3.63) is 59.7 Å². The van der Waals surface area contributed by atoms with Crippen LogP contribution in [-0.2, 0) is 14.6 Å². The largest absolute Gasteiger partial charge is 0.370 e. The zero-order valence-electron chi connectivity index (χ0n) is 16.1. The maximum absolute atomic E-state index is 12.5. The first-order valence-corrected chi connectivity index (χ1v) is 10.5. The zero-order chi connectivity index (χ0) is 21.6. The van der Waals surface area contributed by atoms with Crippen LogP contribution in [0.3, 0.4) is 0 Å². The fraction of sp³-hybridized carbons (Fsp3) is 0.250. The van der Waals surface area contributed by atoms with E-state index in [1.807, 2.05) is 0 Å². The molecule has 0 heterocycles. The van der Waals surface area contributed by atoms with Gasteiger partial charge in [-0.3, -0.25) is 14.4 Å². The molecule has 0 aliphatic carbocycles. The standard InChI is InChI=1S/C20H23N3O5S/c1-13(2)29(27,28)15-9-7-14(8-10-15)19(25)23-17-6-4-3-5-16(17)20(26)22-12-11-18(21)24/h3-10,13H,11-12H2,1-2H3,(H2,21,24)(H,22,26)(H,23,25). The van der Waals surface area contributed by atoms with Crippen molar-refractivity contribution in [2.24, 2.45) is 5.73 Å². The molecular formula is C20H23N3O5S. The molecule has 29 heavy (non-hydrogen) atoms. The number of para-hydroxylation sites is 1. The van der Waals surface area contributed by atoms with Crippen LogP contribution >= 0.6 is 0 Å². The van der Waals surface area contributed by atoms with E-state index in [0.29, 0.717) is 0 Å². The summed E-state index contributed by atoms with van der Waals surface area (Å²) in [6.45, 7) is 3.25. The van der Waals surface area contributed by atoms with Gasteiger partial charge in [-0.2, -0.15) is 0 Å². The summed E-state index contributed by atoms with van der Waals surface area (Å²) in [7, 11) is -3.43. The molecular weight excluding hydrogens is 394 g/mol. The average molecular weight is 417 g/mol. The molecule has 0 spiro atoms. The minimum Gasteiger partial charge on any atom is -0.370 e. The molecule has 9 heteroatoms. The first-order chi connectivity index (χ1) is 13.6. The van der Waals surface area contributed by atoms with Crippen molar-refractivity contribution in [1.82, 2.24) is 5.32 Å². The zero-order valence-corrected chi connectivity index (χ0v) is 17.0. The van der Waals surface area contributed by atoms with Crippen LogP contribution in [0.2, 0.25) is 0 Å². The average Bonchev–Trinajstić information content (AvgIpc) is 2.68. The van der Waals surface area contributed by atoms with Gasteiger partial charge in [-0.15, -0.1) is 0 Å². The predicted octanol–water partition coefficient (Wildman–Crippen LogP) is 1.73. The molecule has 2 aromatic carbocycles. The number of nitrogens with one attached hydrogen (secondary N) is 2. The van der Waals surface area contributed by atoms with Crippen LogP contribution in [0.4, 0.5) is 5.69 Å². The lowest BCUT2D eigenvalue weighted by molar-refractivity contribution is -0.117. The maximum Gasteiger partial charge on any atom is 0.255 e. The first kappa shape index (κ1) is 22.1. The Morgan fingerprint density at radius 1 is 0.966 bits per heavy atom. The molecule has 0 saturated carbocycles. The van der Waals surface area contributed by atoms with Crippen molar-refractivity contribution in [1.29, 1.82) is 0 Å². The molecule has 0 aliphatic rings. The van der Waals surface area contributed by atoms with Crippen LogP contribution in [0, 0.1) is 0 Å². The molecule has 3 amide bonds. The number of sulfone groups is 1. The number of rotatable bonds is 8. The van der Waals surface area contributed by atoms with Crippen molar-refractivity contribution in [3.63, 3.8) is 0 Å². The van der Waals surface area contributed by atoms with E-state index >= 15 is 0 Å².